The number of carbonyl (C=O) groups excluding carboxylic acids is 2. The second kappa shape index (κ2) is 4.93. The first-order valence-electron chi connectivity index (χ1n) is 6.82. The molecule has 1 aliphatic heterocycles. The quantitative estimate of drug-likeness (QED) is 0.370. The van der Waals surface area contributed by atoms with Crippen LogP contribution in [0.2, 0.25) is 0 Å². The smallest absolute Gasteiger partial charge is 0.333 e. The largest absolute Gasteiger partial charge is 0.468 e. The number of aliphatic hydroxyl groups is 2. The van der Waals surface area contributed by atoms with E-state index >= 15 is 0 Å². The third kappa shape index (κ3) is 1.49. The van der Waals surface area contributed by atoms with Gasteiger partial charge in [-0.15, -0.1) is 23.2 Å². The van der Waals surface area contributed by atoms with E-state index in [2.05, 4.69) is 0 Å². The van der Waals surface area contributed by atoms with Gasteiger partial charge in [0.2, 0.25) is 15.5 Å². The molecule has 0 unspecified atom stereocenters. The highest BCUT2D eigenvalue weighted by Gasteiger charge is 2.91. The molecule has 1 saturated heterocycles. The predicted octanol–water partition coefficient (Wildman–Crippen LogP) is -0.990. The second-order valence-electron chi connectivity index (χ2n) is 5.84. The summed E-state index contributed by atoms with van der Waals surface area (Å²) in [6.45, 7) is 0. The van der Waals surface area contributed by atoms with Crippen molar-refractivity contribution < 1.29 is 38.7 Å². The lowest BCUT2D eigenvalue weighted by Gasteiger charge is -2.43. The summed E-state index contributed by atoms with van der Waals surface area (Å²) in [6, 6.07) is 0. The van der Waals surface area contributed by atoms with Gasteiger partial charge in [0.25, 0.3) is 0 Å². The molecule has 0 aromatic heterocycles. The number of ether oxygens (including phenoxy) is 4. The Morgan fingerprint density at radius 1 is 1.13 bits per heavy atom. The van der Waals surface area contributed by atoms with Gasteiger partial charge >= 0.3 is 11.9 Å². The molecular weight excluding hydrogens is 355 g/mol. The van der Waals surface area contributed by atoms with Gasteiger partial charge in [-0.25, -0.2) is 9.59 Å². The molecule has 3 rings (SSSR count). The summed E-state index contributed by atoms with van der Waals surface area (Å²) in [4.78, 5) is 20.7. The maximum absolute atomic E-state index is 12.5. The zero-order valence-electron chi connectivity index (χ0n) is 12.5. The molecule has 8 nitrogen and oxygen atoms in total. The number of carbonyl (C=O) groups is 2. The Balaban J connectivity index is 2.32. The van der Waals surface area contributed by atoms with E-state index in [1.54, 1.807) is 0 Å². The first-order valence-corrected chi connectivity index (χ1v) is 7.58. The number of esters is 2. The third-order valence-electron chi connectivity index (χ3n) is 5.27. The van der Waals surface area contributed by atoms with E-state index in [1.807, 2.05) is 0 Å². The molecule has 10 heteroatoms. The van der Waals surface area contributed by atoms with Crippen molar-refractivity contribution in [1.29, 1.82) is 0 Å². The predicted molar refractivity (Wildman–Crippen MR) is 74.8 cm³/mol. The lowest BCUT2D eigenvalue weighted by atomic mass is 9.87. The van der Waals surface area contributed by atoms with Gasteiger partial charge in [0.1, 0.15) is 12.2 Å². The van der Waals surface area contributed by atoms with Gasteiger partial charge in [0.15, 0.2) is 0 Å². The molecule has 2 saturated carbocycles. The van der Waals surface area contributed by atoms with E-state index in [0.29, 0.717) is 0 Å². The van der Waals surface area contributed by atoms with Crippen LogP contribution in [0.3, 0.4) is 0 Å². The molecule has 3 fully saturated rings. The number of hydrogen-bond donors (Lipinski definition) is 2. The van der Waals surface area contributed by atoms with E-state index < -0.39 is 57.6 Å². The normalized spacial score (nSPS) is 49.9. The number of alkyl halides is 2. The second-order valence-corrected chi connectivity index (χ2v) is 7.03. The molecule has 1 heterocycles. The van der Waals surface area contributed by atoms with Crippen molar-refractivity contribution in [2.75, 3.05) is 21.3 Å². The molecule has 2 N–H and O–H groups in total. The van der Waals surface area contributed by atoms with Crippen LogP contribution in [-0.4, -0.2) is 77.3 Å². The molecule has 7 atom stereocenters. The molecule has 0 aromatic carbocycles. The van der Waals surface area contributed by atoms with Crippen molar-refractivity contribution in [2.45, 2.75) is 33.8 Å². The Hall–Kier alpha value is -0.640. The van der Waals surface area contributed by atoms with Crippen LogP contribution >= 0.6 is 23.2 Å². The maximum Gasteiger partial charge on any atom is 0.333 e. The summed E-state index contributed by atoms with van der Waals surface area (Å²) in [5.41, 5.74) is 0. The fourth-order valence-corrected chi connectivity index (χ4v) is 5.72. The van der Waals surface area contributed by atoms with Crippen LogP contribution in [0.4, 0.5) is 0 Å². The maximum atomic E-state index is 12.5. The number of methoxy groups -OCH3 is 3. The Morgan fingerprint density at radius 2 is 1.70 bits per heavy atom. The minimum absolute atomic E-state index is 0.944. The van der Waals surface area contributed by atoms with Crippen molar-refractivity contribution in [2.24, 2.45) is 11.8 Å². The van der Waals surface area contributed by atoms with Crippen LogP contribution in [0.5, 0.6) is 0 Å². The van der Waals surface area contributed by atoms with E-state index in [0.717, 1.165) is 21.3 Å². The highest BCUT2D eigenvalue weighted by Crippen LogP contribution is 2.70. The van der Waals surface area contributed by atoms with Crippen molar-refractivity contribution in [3.63, 3.8) is 0 Å². The van der Waals surface area contributed by atoms with Crippen LogP contribution in [0.1, 0.15) is 0 Å². The van der Waals surface area contributed by atoms with E-state index in [-0.39, 0.29) is 0 Å². The van der Waals surface area contributed by atoms with Gasteiger partial charge in [-0.05, 0) is 0 Å². The van der Waals surface area contributed by atoms with E-state index in [1.165, 1.54) is 0 Å². The summed E-state index contributed by atoms with van der Waals surface area (Å²) in [5.74, 6) is -6.28. The zero-order chi connectivity index (χ0) is 17.4. The van der Waals surface area contributed by atoms with Crippen LogP contribution in [0.25, 0.3) is 0 Å². The summed E-state index contributed by atoms with van der Waals surface area (Å²) in [5, 5.41) is 20.5. The molecular formula is C13H16Cl2O8. The van der Waals surface area contributed by atoms with Crippen molar-refractivity contribution >= 4 is 35.1 Å². The van der Waals surface area contributed by atoms with Crippen LogP contribution in [0.15, 0.2) is 0 Å². The molecule has 0 radical (unpaired) electrons. The molecule has 2 aliphatic carbocycles. The number of rotatable bonds is 3. The Labute approximate surface area is 141 Å². The Morgan fingerprint density at radius 3 is 2.17 bits per heavy atom. The average Bonchev–Trinajstić information content (AvgIpc) is 3.01. The molecule has 0 amide bonds. The standard InChI is InChI=1S/C13H16Cl2O8/c1-20-9(18)11(14)4-5-8(7(17)6(4)16)23-10(19)12(5,15)13(11,21-2)22-3/h4-8,16-17H,1-3H3/t4-,5+,6+,7+,8+,11+,12-/m0/s1. The summed E-state index contributed by atoms with van der Waals surface area (Å²) in [6.07, 6.45) is -4.06. The summed E-state index contributed by atoms with van der Waals surface area (Å²) < 4.78 is 20.5. The molecule has 0 aromatic rings. The van der Waals surface area contributed by atoms with E-state index in [9.17, 15) is 19.8 Å². The van der Waals surface area contributed by atoms with Crippen molar-refractivity contribution in [3.05, 3.63) is 0 Å². The van der Waals surface area contributed by atoms with Crippen molar-refractivity contribution in [3.8, 4) is 0 Å². The van der Waals surface area contributed by atoms with Gasteiger partial charge < -0.3 is 29.2 Å². The number of aliphatic hydroxyl groups excluding tert-OH is 2. The van der Waals surface area contributed by atoms with Gasteiger partial charge in [-0.2, -0.15) is 0 Å². The first kappa shape index (κ1) is 17.2. The topological polar surface area (TPSA) is 112 Å². The monoisotopic (exact) mass is 370 g/mol. The molecule has 0 bridgehead atoms. The SMILES string of the molecule is COC(=O)[C@]1(Cl)[C@@H]2[C@@H](O)[C@@H](O)[C@@H]3OC(=O)[C@@](Cl)([C@@H]32)C1(OC)OC. The van der Waals surface area contributed by atoms with Gasteiger partial charge in [0.05, 0.1) is 13.2 Å². The zero-order valence-corrected chi connectivity index (χ0v) is 14.0. The number of hydrogen-bond acceptors (Lipinski definition) is 8. The highest BCUT2D eigenvalue weighted by molar-refractivity contribution is 6.42. The van der Waals surface area contributed by atoms with Gasteiger partial charge in [-0.3, -0.25) is 0 Å². The Bertz CT molecular complexity index is 566. The summed E-state index contributed by atoms with van der Waals surface area (Å²) >= 11 is 13.1. The minimum atomic E-state index is -2.16. The fraction of sp³-hybridized carbons (Fsp3) is 0.846. The molecule has 23 heavy (non-hydrogen) atoms. The third-order valence-corrected chi connectivity index (χ3v) is 6.58. The first-order chi connectivity index (χ1) is 10.7. The van der Waals surface area contributed by atoms with Crippen LogP contribution < -0.4 is 0 Å². The lowest BCUT2D eigenvalue weighted by Crippen LogP contribution is -2.67. The van der Waals surface area contributed by atoms with Crippen LogP contribution in [0, 0.1) is 11.8 Å². The van der Waals surface area contributed by atoms with Crippen LogP contribution in [-0.2, 0) is 28.5 Å². The van der Waals surface area contributed by atoms with Crippen molar-refractivity contribution in [1.82, 2.24) is 0 Å². The minimum Gasteiger partial charge on any atom is -0.468 e. The highest BCUT2D eigenvalue weighted by atomic mass is 35.5. The summed E-state index contributed by atoms with van der Waals surface area (Å²) in [7, 11) is 3.42. The molecule has 3 aliphatic rings. The van der Waals surface area contributed by atoms with E-state index in [4.69, 9.17) is 42.1 Å². The fourth-order valence-electron chi connectivity index (χ4n) is 4.42. The average molecular weight is 371 g/mol. The molecule has 0 spiro atoms. The lowest BCUT2D eigenvalue weighted by molar-refractivity contribution is -0.243. The molecule has 130 valence electrons. The van der Waals surface area contributed by atoms with Gasteiger partial charge in [-0.1, -0.05) is 0 Å². The number of halogens is 2. The Kier molecular flexibility index (Phi) is 3.69. The van der Waals surface area contributed by atoms with Gasteiger partial charge in [0, 0.05) is 26.1 Å².